The molecule has 0 radical (unpaired) electrons. The first kappa shape index (κ1) is 13.1. The SMILES string of the molecule is CC1CCN(C(=O)C(C)(C)c2ccccc2)CC1. The lowest BCUT2D eigenvalue weighted by molar-refractivity contribution is -0.137. The van der Waals surface area contributed by atoms with E-state index in [9.17, 15) is 4.79 Å². The zero-order valence-corrected chi connectivity index (χ0v) is 11.6. The highest BCUT2D eigenvalue weighted by Crippen LogP contribution is 2.27. The molecule has 2 nitrogen and oxygen atoms in total. The van der Waals surface area contributed by atoms with Gasteiger partial charge in [-0.15, -0.1) is 0 Å². The highest BCUT2D eigenvalue weighted by atomic mass is 16.2. The van der Waals surface area contributed by atoms with E-state index in [4.69, 9.17) is 0 Å². The van der Waals surface area contributed by atoms with Crippen molar-refractivity contribution in [2.75, 3.05) is 13.1 Å². The van der Waals surface area contributed by atoms with Gasteiger partial charge in [-0.1, -0.05) is 37.3 Å². The lowest BCUT2D eigenvalue weighted by Crippen LogP contribution is -2.46. The number of hydrogen-bond acceptors (Lipinski definition) is 1. The first-order valence-electron chi connectivity index (χ1n) is 6.86. The summed E-state index contributed by atoms with van der Waals surface area (Å²) in [6.45, 7) is 8.15. The molecule has 2 heteroatoms. The van der Waals surface area contributed by atoms with E-state index in [1.54, 1.807) is 0 Å². The molecule has 1 heterocycles. The van der Waals surface area contributed by atoms with Crippen molar-refractivity contribution in [1.82, 2.24) is 4.90 Å². The molecule has 2 rings (SSSR count). The summed E-state index contributed by atoms with van der Waals surface area (Å²) in [6, 6.07) is 10.1. The molecule has 1 aliphatic rings. The maximum Gasteiger partial charge on any atom is 0.232 e. The molecule has 0 unspecified atom stereocenters. The van der Waals surface area contributed by atoms with E-state index in [-0.39, 0.29) is 5.91 Å². The smallest absolute Gasteiger partial charge is 0.232 e. The molecule has 1 fully saturated rings. The molecule has 0 N–H and O–H groups in total. The second-order valence-electron chi connectivity index (χ2n) is 5.97. The average Bonchev–Trinajstić information content (AvgIpc) is 2.40. The van der Waals surface area contributed by atoms with E-state index in [1.165, 1.54) is 0 Å². The molecule has 1 amide bonds. The topological polar surface area (TPSA) is 20.3 Å². The maximum atomic E-state index is 12.7. The van der Waals surface area contributed by atoms with Gasteiger partial charge in [0.2, 0.25) is 5.91 Å². The third-order valence-electron chi connectivity index (χ3n) is 4.10. The Morgan fingerprint density at radius 2 is 1.72 bits per heavy atom. The number of benzene rings is 1. The summed E-state index contributed by atoms with van der Waals surface area (Å²) >= 11 is 0. The van der Waals surface area contributed by atoms with E-state index >= 15 is 0 Å². The van der Waals surface area contributed by atoms with Crippen molar-refractivity contribution in [3.8, 4) is 0 Å². The van der Waals surface area contributed by atoms with Crippen LogP contribution in [0.15, 0.2) is 30.3 Å². The Bertz CT molecular complexity index is 402. The zero-order chi connectivity index (χ0) is 13.2. The zero-order valence-electron chi connectivity index (χ0n) is 11.6. The summed E-state index contributed by atoms with van der Waals surface area (Å²) in [5.74, 6) is 1.02. The Morgan fingerprint density at radius 1 is 1.17 bits per heavy atom. The molecule has 0 aliphatic carbocycles. The minimum absolute atomic E-state index is 0.264. The van der Waals surface area contributed by atoms with E-state index in [0.717, 1.165) is 37.4 Å². The summed E-state index contributed by atoms with van der Waals surface area (Å²) in [5.41, 5.74) is 0.690. The second kappa shape index (κ2) is 5.13. The first-order valence-corrected chi connectivity index (χ1v) is 6.86. The number of likely N-dealkylation sites (tertiary alicyclic amines) is 1. The van der Waals surface area contributed by atoms with Gasteiger partial charge in [-0.05, 0) is 38.2 Å². The predicted octanol–water partition coefficient (Wildman–Crippen LogP) is 3.22. The fourth-order valence-corrected chi connectivity index (χ4v) is 2.59. The monoisotopic (exact) mass is 245 g/mol. The van der Waals surface area contributed by atoms with Gasteiger partial charge in [0.25, 0.3) is 0 Å². The average molecular weight is 245 g/mol. The predicted molar refractivity (Wildman–Crippen MR) is 74.4 cm³/mol. The minimum Gasteiger partial charge on any atom is -0.342 e. The molecule has 0 atom stereocenters. The van der Waals surface area contributed by atoms with E-state index in [2.05, 4.69) is 6.92 Å². The van der Waals surface area contributed by atoms with Crippen molar-refractivity contribution in [1.29, 1.82) is 0 Å². The second-order valence-corrected chi connectivity index (χ2v) is 5.97. The number of rotatable bonds is 2. The molecule has 1 saturated heterocycles. The number of nitrogens with zero attached hydrogens (tertiary/aromatic N) is 1. The number of carbonyl (C=O) groups excluding carboxylic acids is 1. The Balaban J connectivity index is 2.13. The van der Waals surface area contributed by atoms with Crippen LogP contribution in [0.5, 0.6) is 0 Å². The summed E-state index contributed by atoms with van der Waals surface area (Å²) in [5, 5.41) is 0. The molecule has 0 saturated carbocycles. The van der Waals surface area contributed by atoms with Crippen LogP contribution in [0.1, 0.15) is 39.2 Å². The van der Waals surface area contributed by atoms with Crippen LogP contribution in [0, 0.1) is 5.92 Å². The van der Waals surface area contributed by atoms with Gasteiger partial charge < -0.3 is 4.90 Å². The van der Waals surface area contributed by atoms with E-state index in [1.807, 2.05) is 49.1 Å². The van der Waals surface area contributed by atoms with Crippen molar-refractivity contribution in [2.45, 2.75) is 39.0 Å². The Kier molecular flexibility index (Phi) is 3.74. The molecular formula is C16H23NO. The van der Waals surface area contributed by atoms with Gasteiger partial charge in [0.05, 0.1) is 5.41 Å². The minimum atomic E-state index is -0.415. The highest BCUT2D eigenvalue weighted by molar-refractivity contribution is 5.87. The molecule has 1 aliphatic heterocycles. The Hall–Kier alpha value is -1.31. The number of piperidine rings is 1. The van der Waals surface area contributed by atoms with Crippen LogP contribution in [0.2, 0.25) is 0 Å². The Morgan fingerprint density at radius 3 is 2.28 bits per heavy atom. The third-order valence-corrected chi connectivity index (χ3v) is 4.10. The molecule has 0 bridgehead atoms. The number of carbonyl (C=O) groups is 1. The fraction of sp³-hybridized carbons (Fsp3) is 0.562. The standard InChI is InChI=1S/C16H23NO/c1-13-9-11-17(12-10-13)15(18)16(2,3)14-7-5-4-6-8-14/h4-8,13H,9-12H2,1-3H3. The van der Waals surface area contributed by atoms with Crippen LogP contribution < -0.4 is 0 Å². The van der Waals surface area contributed by atoms with Crippen molar-refractivity contribution in [3.63, 3.8) is 0 Å². The fourth-order valence-electron chi connectivity index (χ4n) is 2.59. The summed E-state index contributed by atoms with van der Waals surface area (Å²) in [7, 11) is 0. The quantitative estimate of drug-likeness (QED) is 0.783. The van der Waals surface area contributed by atoms with Gasteiger partial charge >= 0.3 is 0 Å². The molecule has 1 aromatic rings. The molecule has 18 heavy (non-hydrogen) atoms. The van der Waals surface area contributed by atoms with Crippen molar-refractivity contribution >= 4 is 5.91 Å². The molecule has 98 valence electrons. The lowest BCUT2D eigenvalue weighted by Gasteiger charge is -2.36. The molecule has 0 spiro atoms. The number of amides is 1. The largest absolute Gasteiger partial charge is 0.342 e. The van der Waals surface area contributed by atoms with Crippen LogP contribution in [0.25, 0.3) is 0 Å². The number of hydrogen-bond donors (Lipinski definition) is 0. The highest BCUT2D eigenvalue weighted by Gasteiger charge is 2.34. The molecular weight excluding hydrogens is 222 g/mol. The van der Waals surface area contributed by atoms with Crippen LogP contribution in [0.3, 0.4) is 0 Å². The van der Waals surface area contributed by atoms with Crippen molar-refractivity contribution in [2.24, 2.45) is 5.92 Å². The Labute approximate surface area is 110 Å². The summed E-state index contributed by atoms with van der Waals surface area (Å²) in [6.07, 6.45) is 2.27. The van der Waals surface area contributed by atoms with Gasteiger partial charge in [-0.2, -0.15) is 0 Å². The normalized spacial score (nSPS) is 17.8. The van der Waals surface area contributed by atoms with Crippen LogP contribution in [-0.2, 0) is 10.2 Å². The van der Waals surface area contributed by atoms with Crippen LogP contribution in [0.4, 0.5) is 0 Å². The van der Waals surface area contributed by atoms with E-state index < -0.39 is 5.41 Å². The van der Waals surface area contributed by atoms with Crippen LogP contribution in [-0.4, -0.2) is 23.9 Å². The first-order chi connectivity index (χ1) is 8.51. The third kappa shape index (κ3) is 2.58. The molecule has 0 aromatic heterocycles. The van der Waals surface area contributed by atoms with Gasteiger partial charge in [-0.3, -0.25) is 4.79 Å². The van der Waals surface area contributed by atoms with Crippen LogP contribution >= 0.6 is 0 Å². The van der Waals surface area contributed by atoms with Crippen molar-refractivity contribution < 1.29 is 4.79 Å². The van der Waals surface area contributed by atoms with Gasteiger partial charge in [-0.25, -0.2) is 0 Å². The summed E-state index contributed by atoms with van der Waals surface area (Å²) < 4.78 is 0. The maximum absolute atomic E-state index is 12.7. The lowest BCUT2D eigenvalue weighted by atomic mass is 9.82. The van der Waals surface area contributed by atoms with E-state index in [0.29, 0.717) is 0 Å². The van der Waals surface area contributed by atoms with Gasteiger partial charge in [0.15, 0.2) is 0 Å². The molecule has 1 aromatic carbocycles. The van der Waals surface area contributed by atoms with Gasteiger partial charge in [0, 0.05) is 13.1 Å². The van der Waals surface area contributed by atoms with Gasteiger partial charge in [0.1, 0.15) is 0 Å². The summed E-state index contributed by atoms with van der Waals surface area (Å²) in [4.78, 5) is 14.7. The van der Waals surface area contributed by atoms with Crippen molar-refractivity contribution in [3.05, 3.63) is 35.9 Å².